The molecule has 0 saturated carbocycles. The van der Waals surface area contributed by atoms with Crippen LogP contribution in [0.15, 0.2) is 48.5 Å². The van der Waals surface area contributed by atoms with E-state index in [4.69, 9.17) is 17.3 Å². The van der Waals surface area contributed by atoms with Crippen LogP contribution in [-0.2, 0) is 12.8 Å². The molecule has 3 nitrogen and oxygen atoms in total. The third-order valence-electron chi connectivity index (χ3n) is 5.73. The summed E-state index contributed by atoms with van der Waals surface area (Å²) in [6.45, 7) is 1.76. The number of halogens is 1. The Hall–Kier alpha value is -1.55. The molecule has 0 spiro atoms. The van der Waals surface area contributed by atoms with Crippen LogP contribution >= 0.6 is 11.6 Å². The van der Waals surface area contributed by atoms with Crippen LogP contribution < -0.4 is 5.73 Å². The Labute approximate surface area is 155 Å². The maximum absolute atomic E-state index is 9.79. The third-order valence-corrected chi connectivity index (χ3v) is 5.98. The zero-order valence-electron chi connectivity index (χ0n) is 14.8. The van der Waals surface area contributed by atoms with Crippen molar-refractivity contribution < 1.29 is 5.11 Å². The Kier molecular flexibility index (Phi) is 5.67. The van der Waals surface area contributed by atoms with Gasteiger partial charge in [0.2, 0.25) is 0 Å². The van der Waals surface area contributed by atoms with E-state index in [9.17, 15) is 5.11 Å². The second kappa shape index (κ2) is 7.77. The lowest BCUT2D eigenvalue weighted by Crippen LogP contribution is -2.50. The number of rotatable bonds is 6. The van der Waals surface area contributed by atoms with Crippen molar-refractivity contribution in [2.45, 2.75) is 31.2 Å². The van der Waals surface area contributed by atoms with E-state index in [1.165, 1.54) is 11.1 Å². The molecular formula is C21H27ClN2O. The molecule has 2 unspecified atom stereocenters. The first-order valence-corrected chi connectivity index (χ1v) is 9.35. The van der Waals surface area contributed by atoms with E-state index >= 15 is 0 Å². The standard InChI is InChI=1S/C21H27ClN2O/c1-24-12-9-18(13-17-3-2-4-20(25)14-17)21(24,10-11-23)15-16-5-7-19(22)8-6-16/h2-8,14,18,25H,9-13,15,23H2,1H3. The van der Waals surface area contributed by atoms with Crippen molar-refractivity contribution in [2.24, 2.45) is 11.7 Å². The summed E-state index contributed by atoms with van der Waals surface area (Å²) in [5.74, 6) is 0.851. The number of hydrogen-bond donors (Lipinski definition) is 2. The van der Waals surface area contributed by atoms with Gasteiger partial charge in [0.15, 0.2) is 0 Å². The van der Waals surface area contributed by atoms with Crippen molar-refractivity contribution in [3.8, 4) is 5.75 Å². The highest BCUT2D eigenvalue weighted by Crippen LogP contribution is 2.41. The Morgan fingerprint density at radius 3 is 2.64 bits per heavy atom. The van der Waals surface area contributed by atoms with Crippen molar-refractivity contribution in [2.75, 3.05) is 20.1 Å². The number of likely N-dealkylation sites (tertiary alicyclic amines) is 1. The molecule has 3 rings (SSSR count). The van der Waals surface area contributed by atoms with Gasteiger partial charge in [0, 0.05) is 10.6 Å². The van der Waals surface area contributed by atoms with Crippen LogP contribution in [0.2, 0.25) is 5.02 Å². The van der Waals surface area contributed by atoms with Crippen molar-refractivity contribution in [1.29, 1.82) is 0 Å². The summed E-state index contributed by atoms with van der Waals surface area (Å²) < 4.78 is 0. The van der Waals surface area contributed by atoms with Gasteiger partial charge in [-0.2, -0.15) is 0 Å². The highest BCUT2D eigenvalue weighted by Gasteiger charge is 2.45. The molecule has 2 atom stereocenters. The molecule has 2 aromatic carbocycles. The summed E-state index contributed by atoms with van der Waals surface area (Å²) >= 11 is 6.05. The molecule has 1 aliphatic rings. The van der Waals surface area contributed by atoms with E-state index in [2.05, 4.69) is 30.1 Å². The molecule has 1 heterocycles. The third kappa shape index (κ3) is 4.00. The van der Waals surface area contributed by atoms with E-state index < -0.39 is 0 Å². The quantitative estimate of drug-likeness (QED) is 0.824. The summed E-state index contributed by atoms with van der Waals surface area (Å²) in [7, 11) is 2.22. The zero-order valence-corrected chi connectivity index (χ0v) is 15.5. The molecule has 0 bridgehead atoms. The Bertz CT molecular complexity index is 703. The van der Waals surface area contributed by atoms with Gasteiger partial charge < -0.3 is 15.7 Å². The van der Waals surface area contributed by atoms with Gasteiger partial charge in [-0.3, -0.25) is 0 Å². The van der Waals surface area contributed by atoms with Gasteiger partial charge in [-0.05, 0) is 87.1 Å². The molecule has 0 amide bonds. The second-order valence-corrected chi connectivity index (χ2v) is 7.66. The van der Waals surface area contributed by atoms with Gasteiger partial charge in [0.05, 0.1) is 0 Å². The van der Waals surface area contributed by atoms with E-state index in [-0.39, 0.29) is 5.54 Å². The molecule has 1 fully saturated rings. The van der Waals surface area contributed by atoms with Crippen molar-refractivity contribution in [1.82, 2.24) is 4.90 Å². The Morgan fingerprint density at radius 2 is 1.96 bits per heavy atom. The number of nitrogens with zero attached hydrogens (tertiary/aromatic N) is 1. The highest BCUT2D eigenvalue weighted by atomic mass is 35.5. The van der Waals surface area contributed by atoms with Crippen molar-refractivity contribution >= 4 is 11.6 Å². The topological polar surface area (TPSA) is 49.5 Å². The van der Waals surface area contributed by atoms with E-state index in [0.29, 0.717) is 18.2 Å². The minimum absolute atomic E-state index is 0.0496. The first-order valence-electron chi connectivity index (χ1n) is 8.97. The molecule has 2 aromatic rings. The second-order valence-electron chi connectivity index (χ2n) is 7.23. The number of phenolic OH excluding ortho intramolecular Hbond substituents is 1. The van der Waals surface area contributed by atoms with Crippen molar-refractivity contribution in [3.63, 3.8) is 0 Å². The lowest BCUT2D eigenvalue weighted by Gasteiger charge is -2.41. The number of hydrogen-bond acceptors (Lipinski definition) is 3. The molecule has 134 valence electrons. The molecule has 1 aliphatic heterocycles. The SMILES string of the molecule is CN1CCC(Cc2cccc(O)c2)C1(CCN)Cc1ccc(Cl)cc1. The number of nitrogens with two attached hydrogens (primary N) is 1. The van der Waals surface area contributed by atoms with Gasteiger partial charge in [0.1, 0.15) is 5.75 Å². The van der Waals surface area contributed by atoms with Crippen LogP contribution in [0.3, 0.4) is 0 Å². The normalized spacial score (nSPS) is 23.9. The maximum Gasteiger partial charge on any atom is 0.115 e. The summed E-state index contributed by atoms with van der Waals surface area (Å²) in [6, 6.07) is 15.8. The van der Waals surface area contributed by atoms with Crippen LogP contribution in [0.25, 0.3) is 0 Å². The monoisotopic (exact) mass is 358 g/mol. The highest BCUT2D eigenvalue weighted by molar-refractivity contribution is 6.30. The van der Waals surface area contributed by atoms with Gasteiger partial charge in [-0.15, -0.1) is 0 Å². The lowest BCUT2D eigenvalue weighted by atomic mass is 9.74. The number of aromatic hydroxyl groups is 1. The predicted molar refractivity (Wildman–Crippen MR) is 104 cm³/mol. The van der Waals surface area contributed by atoms with E-state index in [1.54, 1.807) is 6.07 Å². The van der Waals surface area contributed by atoms with Crippen LogP contribution in [0.4, 0.5) is 0 Å². The van der Waals surface area contributed by atoms with Crippen LogP contribution in [0.5, 0.6) is 5.75 Å². The lowest BCUT2D eigenvalue weighted by molar-refractivity contribution is 0.118. The number of benzene rings is 2. The minimum atomic E-state index is 0.0496. The first-order chi connectivity index (χ1) is 12.0. The Morgan fingerprint density at radius 1 is 1.20 bits per heavy atom. The van der Waals surface area contributed by atoms with Gasteiger partial charge in [-0.1, -0.05) is 35.9 Å². The van der Waals surface area contributed by atoms with E-state index in [1.807, 2.05) is 24.3 Å². The first kappa shape index (κ1) is 18.2. The molecule has 0 aliphatic carbocycles. The molecule has 25 heavy (non-hydrogen) atoms. The van der Waals surface area contributed by atoms with E-state index in [0.717, 1.165) is 37.3 Å². The molecule has 3 N–H and O–H groups in total. The Balaban J connectivity index is 1.88. The minimum Gasteiger partial charge on any atom is -0.508 e. The van der Waals surface area contributed by atoms with Crippen LogP contribution in [0, 0.1) is 5.92 Å². The fraction of sp³-hybridized carbons (Fsp3) is 0.429. The average Bonchev–Trinajstić information content (AvgIpc) is 2.87. The predicted octanol–water partition coefficient (Wildman–Crippen LogP) is 3.87. The molecule has 0 aromatic heterocycles. The summed E-state index contributed by atoms with van der Waals surface area (Å²) in [5, 5.41) is 10.6. The van der Waals surface area contributed by atoms with Gasteiger partial charge in [-0.25, -0.2) is 0 Å². The van der Waals surface area contributed by atoms with Gasteiger partial charge in [0.25, 0.3) is 0 Å². The summed E-state index contributed by atoms with van der Waals surface area (Å²) in [5.41, 5.74) is 8.57. The molecule has 4 heteroatoms. The fourth-order valence-electron chi connectivity index (χ4n) is 4.38. The maximum atomic E-state index is 9.79. The molecular weight excluding hydrogens is 332 g/mol. The van der Waals surface area contributed by atoms with Crippen LogP contribution in [0.1, 0.15) is 24.0 Å². The summed E-state index contributed by atoms with van der Waals surface area (Å²) in [4.78, 5) is 2.49. The molecule has 1 saturated heterocycles. The number of likely N-dealkylation sites (N-methyl/N-ethyl adjacent to an activating group) is 1. The zero-order chi connectivity index (χ0) is 17.9. The largest absolute Gasteiger partial charge is 0.508 e. The van der Waals surface area contributed by atoms with Crippen LogP contribution in [-0.4, -0.2) is 35.7 Å². The molecule has 0 radical (unpaired) electrons. The summed E-state index contributed by atoms with van der Waals surface area (Å²) in [6.07, 6.45) is 4.06. The van der Waals surface area contributed by atoms with Crippen molar-refractivity contribution in [3.05, 3.63) is 64.7 Å². The van der Waals surface area contributed by atoms with Gasteiger partial charge >= 0.3 is 0 Å². The number of phenols is 1. The average molecular weight is 359 g/mol. The fourth-order valence-corrected chi connectivity index (χ4v) is 4.51. The smallest absolute Gasteiger partial charge is 0.115 e.